The minimum atomic E-state index is 0.0825. The molecular weight excluding hydrogens is 178 g/mol. The van der Waals surface area contributed by atoms with Crippen LogP contribution in [0.1, 0.15) is 30.6 Å². The maximum Gasteiger partial charge on any atom is 0.167 e. The van der Waals surface area contributed by atoms with Gasteiger partial charge in [0.1, 0.15) is 6.33 Å². The van der Waals surface area contributed by atoms with Gasteiger partial charge in [0.25, 0.3) is 0 Å². The molecule has 0 aromatic carbocycles. The van der Waals surface area contributed by atoms with Crippen LogP contribution in [0.4, 0.5) is 0 Å². The quantitative estimate of drug-likeness (QED) is 0.710. The van der Waals surface area contributed by atoms with Gasteiger partial charge in [0, 0.05) is 24.9 Å². The van der Waals surface area contributed by atoms with Crippen molar-refractivity contribution in [3.05, 3.63) is 24.3 Å². The van der Waals surface area contributed by atoms with E-state index in [0.29, 0.717) is 12.0 Å². The highest BCUT2D eigenvalue weighted by atomic mass is 16.1. The lowest BCUT2D eigenvalue weighted by Crippen LogP contribution is -2.28. The Morgan fingerprint density at radius 1 is 1.50 bits per heavy atom. The molecule has 4 nitrogen and oxygen atoms in total. The molecule has 1 aromatic heterocycles. The smallest absolute Gasteiger partial charge is 0.167 e. The largest absolute Gasteiger partial charge is 0.314 e. The van der Waals surface area contributed by atoms with Gasteiger partial charge in [0.15, 0.2) is 5.78 Å². The van der Waals surface area contributed by atoms with E-state index in [-0.39, 0.29) is 11.8 Å². The summed E-state index contributed by atoms with van der Waals surface area (Å²) >= 11 is 0. The molecule has 1 heterocycles. The van der Waals surface area contributed by atoms with Crippen molar-refractivity contribution in [2.45, 2.75) is 26.3 Å². The Kier molecular flexibility index (Phi) is 4.19. The van der Waals surface area contributed by atoms with Crippen molar-refractivity contribution in [2.75, 3.05) is 6.54 Å². The molecule has 1 unspecified atom stereocenters. The molecule has 0 fully saturated rings. The second kappa shape index (κ2) is 5.44. The van der Waals surface area contributed by atoms with Gasteiger partial charge < -0.3 is 5.32 Å². The molecule has 0 saturated carbocycles. The topological polar surface area (TPSA) is 54.9 Å². The van der Waals surface area contributed by atoms with Crippen LogP contribution in [-0.4, -0.2) is 28.3 Å². The van der Waals surface area contributed by atoms with E-state index >= 15 is 0 Å². The number of carbonyl (C=O) groups excluding carboxylic acids is 1. The fourth-order valence-electron chi connectivity index (χ4n) is 1.26. The van der Waals surface area contributed by atoms with Crippen molar-refractivity contribution in [1.82, 2.24) is 15.3 Å². The number of ketones is 1. The number of aromatic nitrogens is 2. The van der Waals surface area contributed by atoms with Crippen molar-refractivity contribution >= 4 is 5.78 Å². The molecule has 76 valence electrons. The van der Waals surface area contributed by atoms with Crippen LogP contribution in [0.3, 0.4) is 0 Å². The molecular formula is C10H15N3O. The van der Waals surface area contributed by atoms with Crippen LogP contribution in [0.25, 0.3) is 0 Å². The third-order valence-corrected chi connectivity index (χ3v) is 1.93. The zero-order valence-electron chi connectivity index (χ0n) is 8.53. The third-order valence-electron chi connectivity index (χ3n) is 1.93. The number of hydrogen-bond acceptors (Lipinski definition) is 4. The second-order valence-electron chi connectivity index (χ2n) is 3.21. The maximum absolute atomic E-state index is 11.6. The Bertz CT molecular complexity index is 287. The van der Waals surface area contributed by atoms with Gasteiger partial charge in [-0.25, -0.2) is 9.97 Å². The molecule has 4 heteroatoms. The molecule has 0 aliphatic heterocycles. The van der Waals surface area contributed by atoms with Crippen LogP contribution in [0.15, 0.2) is 18.7 Å². The highest BCUT2D eigenvalue weighted by Gasteiger charge is 2.10. The summed E-state index contributed by atoms with van der Waals surface area (Å²) < 4.78 is 0. The third kappa shape index (κ3) is 3.22. The van der Waals surface area contributed by atoms with Crippen LogP contribution in [-0.2, 0) is 0 Å². The predicted molar refractivity (Wildman–Crippen MR) is 54.1 cm³/mol. The minimum Gasteiger partial charge on any atom is -0.314 e. The van der Waals surface area contributed by atoms with Gasteiger partial charge in [0.05, 0.1) is 5.56 Å². The first-order valence-electron chi connectivity index (χ1n) is 4.75. The Hall–Kier alpha value is -1.29. The van der Waals surface area contributed by atoms with Crippen LogP contribution in [0.2, 0.25) is 0 Å². The van der Waals surface area contributed by atoms with Crippen molar-refractivity contribution in [2.24, 2.45) is 0 Å². The number of Topliss-reactive ketones (excluding diaryl/α,β-unsaturated/α-hetero) is 1. The number of nitrogens with zero attached hydrogens (tertiary/aromatic N) is 2. The van der Waals surface area contributed by atoms with Crippen LogP contribution >= 0.6 is 0 Å². The summed E-state index contributed by atoms with van der Waals surface area (Å²) in [7, 11) is 0. The lowest BCUT2D eigenvalue weighted by Gasteiger charge is -2.10. The van der Waals surface area contributed by atoms with E-state index in [0.717, 1.165) is 6.54 Å². The average Bonchev–Trinajstić information content (AvgIpc) is 2.19. The average molecular weight is 193 g/mol. The van der Waals surface area contributed by atoms with Gasteiger partial charge in [-0.1, -0.05) is 6.92 Å². The van der Waals surface area contributed by atoms with E-state index in [1.54, 1.807) is 12.4 Å². The standard InChI is InChI=1S/C10H15N3O/c1-3-13-8(2)4-10(14)9-5-11-7-12-6-9/h5-8,13H,3-4H2,1-2H3. The highest BCUT2D eigenvalue weighted by Crippen LogP contribution is 2.02. The van der Waals surface area contributed by atoms with Crippen molar-refractivity contribution < 1.29 is 4.79 Å². The van der Waals surface area contributed by atoms with E-state index in [1.165, 1.54) is 6.33 Å². The van der Waals surface area contributed by atoms with Gasteiger partial charge >= 0.3 is 0 Å². The van der Waals surface area contributed by atoms with E-state index in [9.17, 15) is 4.79 Å². The zero-order chi connectivity index (χ0) is 10.4. The monoisotopic (exact) mass is 193 g/mol. The summed E-state index contributed by atoms with van der Waals surface area (Å²) in [5.41, 5.74) is 0.581. The molecule has 1 N–H and O–H groups in total. The predicted octanol–water partition coefficient (Wildman–Crippen LogP) is 1.05. The SMILES string of the molecule is CCNC(C)CC(=O)c1cncnc1. The second-order valence-corrected chi connectivity index (χ2v) is 3.21. The fourth-order valence-corrected chi connectivity index (χ4v) is 1.26. The van der Waals surface area contributed by atoms with Crippen LogP contribution in [0, 0.1) is 0 Å². The van der Waals surface area contributed by atoms with Gasteiger partial charge in [-0.15, -0.1) is 0 Å². The van der Waals surface area contributed by atoms with Gasteiger partial charge in [0.2, 0.25) is 0 Å². The van der Waals surface area contributed by atoms with Crippen molar-refractivity contribution in [3.8, 4) is 0 Å². The molecule has 0 amide bonds. The van der Waals surface area contributed by atoms with Crippen LogP contribution < -0.4 is 5.32 Å². The Balaban J connectivity index is 2.51. The Labute approximate surface area is 83.8 Å². The summed E-state index contributed by atoms with van der Waals surface area (Å²) in [5, 5.41) is 3.18. The lowest BCUT2D eigenvalue weighted by molar-refractivity contribution is 0.0971. The van der Waals surface area contributed by atoms with Crippen molar-refractivity contribution in [3.63, 3.8) is 0 Å². The fraction of sp³-hybridized carbons (Fsp3) is 0.500. The minimum absolute atomic E-state index is 0.0825. The molecule has 0 bridgehead atoms. The molecule has 1 rings (SSSR count). The lowest BCUT2D eigenvalue weighted by atomic mass is 10.1. The Morgan fingerprint density at radius 2 is 2.14 bits per heavy atom. The summed E-state index contributed by atoms with van der Waals surface area (Å²) in [6, 6.07) is 0.202. The molecule has 1 atom stereocenters. The molecule has 0 radical (unpaired) electrons. The molecule has 0 aliphatic carbocycles. The zero-order valence-corrected chi connectivity index (χ0v) is 8.53. The molecule has 1 aromatic rings. The van der Waals surface area contributed by atoms with E-state index < -0.39 is 0 Å². The molecule has 0 saturated heterocycles. The summed E-state index contributed by atoms with van der Waals surface area (Å²) in [5.74, 6) is 0.0825. The molecule has 0 spiro atoms. The van der Waals surface area contributed by atoms with Crippen molar-refractivity contribution in [1.29, 1.82) is 0 Å². The van der Waals surface area contributed by atoms with Gasteiger partial charge in [-0.3, -0.25) is 4.79 Å². The molecule has 14 heavy (non-hydrogen) atoms. The summed E-state index contributed by atoms with van der Waals surface area (Å²) in [6.45, 7) is 4.89. The summed E-state index contributed by atoms with van der Waals surface area (Å²) in [6.07, 6.45) is 5.01. The van der Waals surface area contributed by atoms with Gasteiger partial charge in [-0.2, -0.15) is 0 Å². The van der Waals surface area contributed by atoms with E-state index in [4.69, 9.17) is 0 Å². The number of carbonyl (C=O) groups is 1. The number of rotatable bonds is 5. The summed E-state index contributed by atoms with van der Waals surface area (Å²) in [4.78, 5) is 19.2. The first-order chi connectivity index (χ1) is 6.74. The van der Waals surface area contributed by atoms with E-state index in [2.05, 4.69) is 15.3 Å². The van der Waals surface area contributed by atoms with Crippen LogP contribution in [0.5, 0.6) is 0 Å². The highest BCUT2D eigenvalue weighted by molar-refractivity contribution is 5.95. The Morgan fingerprint density at radius 3 is 2.71 bits per heavy atom. The molecule has 0 aliphatic rings. The van der Waals surface area contributed by atoms with Gasteiger partial charge in [-0.05, 0) is 13.5 Å². The normalized spacial score (nSPS) is 12.4. The maximum atomic E-state index is 11.6. The van der Waals surface area contributed by atoms with E-state index in [1.807, 2.05) is 13.8 Å². The number of hydrogen-bond donors (Lipinski definition) is 1. The first-order valence-corrected chi connectivity index (χ1v) is 4.75. The number of nitrogens with one attached hydrogen (secondary N) is 1. The first kappa shape index (κ1) is 10.8.